The van der Waals surface area contributed by atoms with Crippen LogP contribution in [0.15, 0.2) is 79.3 Å². The number of nitrogens with one attached hydrogen (secondary N) is 1. The Morgan fingerprint density at radius 2 is 1.82 bits per heavy atom. The van der Waals surface area contributed by atoms with Crippen LogP contribution in [0.4, 0.5) is 16.0 Å². The molecule has 0 fully saturated rings. The maximum Gasteiger partial charge on any atom is 0.229 e. The van der Waals surface area contributed by atoms with Crippen LogP contribution >= 0.6 is 0 Å². The van der Waals surface area contributed by atoms with E-state index in [0.717, 1.165) is 35.4 Å². The van der Waals surface area contributed by atoms with Crippen molar-refractivity contribution >= 4 is 22.5 Å². The molecule has 0 aliphatic carbocycles. The van der Waals surface area contributed by atoms with Gasteiger partial charge in [0, 0.05) is 59.9 Å². The summed E-state index contributed by atoms with van der Waals surface area (Å²) in [5, 5.41) is 9.02. The van der Waals surface area contributed by atoms with E-state index in [1.165, 1.54) is 17.6 Å². The molecule has 0 atom stereocenters. The number of halogens is 1. The van der Waals surface area contributed by atoms with Gasteiger partial charge in [0.15, 0.2) is 5.82 Å². The molecule has 0 amide bonds. The van der Waals surface area contributed by atoms with Gasteiger partial charge in [-0.1, -0.05) is 0 Å². The molecule has 0 spiro atoms. The van der Waals surface area contributed by atoms with Crippen LogP contribution in [0.1, 0.15) is 0 Å². The molecule has 166 valence electrons. The van der Waals surface area contributed by atoms with Gasteiger partial charge in [-0.2, -0.15) is 10.1 Å². The maximum absolute atomic E-state index is 13.2. The predicted octanol–water partition coefficient (Wildman–Crippen LogP) is 4.73. The Bertz CT molecular complexity index is 1390. The van der Waals surface area contributed by atoms with Gasteiger partial charge < -0.3 is 14.8 Å². The van der Waals surface area contributed by atoms with Gasteiger partial charge in [0.1, 0.15) is 5.82 Å². The summed E-state index contributed by atoms with van der Waals surface area (Å²) in [7, 11) is 4.16. The minimum atomic E-state index is -0.270. The monoisotopic (exact) mass is 441 g/mol. The summed E-state index contributed by atoms with van der Waals surface area (Å²) in [4.78, 5) is 11.1. The first kappa shape index (κ1) is 20.8. The minimum absolute atomic E-state index is 0.270. The molecule has 5 rings (SSSR count). The number of hydrogen-bond donors (Lipinski definition) is 1. The number of hydrogen-bond acceptors (Lipinski definition) is 5. The highest BCUT2D eigenvalue weighted by atomic mass is 19.1. The van der Waals surface area contributed by atoms with Crippen LogP contribution in [0.5, 0.6) is 0 Å². The lowest BCUT2D eigenvalue weighted by Gasteiger charge is -2.11. The van der Waals surface area contributed by atoms with Gasteiger partial charge >= 0.3 is 0 Å². The molecule has 33 heavy (non-hydrogen) atoms. The second kappa shape index (κ2) is 8.84. The molecular weight excluding hydrogens is 417 g/mol. The molecule has 0 saturated heterocycles. The number of benzene rings is 2. The summed E-state index contributed by atoms with van der Waals surface area (Å²) >= 11 is 0. The Kier molecular flexibility index (Phi) is 5.58. The number of aromatic nitrogens is 5. The first-order valence-corrected chi connectivity index (χ1v) is 10.7. The summed E-state index contributed by atoms with van der Waals surface area (Å²) in [6, 6.07) is 18.3. The summed E-state index contributed by atoms with van der Waals surface area (Å²) in [6.07, 6.45) is 5.64. The zero-order valence-corrected chi connectivity index (χ0v) is 18.5. The average molecular weight is 442 g/mol. The largest absolute Gasteiger partial charge is 0.346 e. The SMILES string of the molecule is CN(C)CCn1ccc2cc(Nc3nccc(-n4ccc(-c5ccc(F)cc5)n4)n3)ccc21. The highest BCUT2D eigenvalue weighted by molar-refractivity contribution is 5.84. The molecule has 2 aromatic carbocycles. The van der Waals surface area contributed by atoms with Gasteiger partial charge in [0.2, 0.25) is 5.95 Å². The number of nitrogens with zero attached hydrogens (tertiary/aromatic N) is 6. The first-order chi connectivity index (χ1) is 16.0. The fourth-order valence-corrected chi connectivity index (χ4v) is 3.67. The van der Waals surface area contributed by atoms with Crippen molar-refractivity contribution in [2.24, 2.45) is 0 Å². The van der Waals surface area contributed by atoms with Gasteiger partial charge in [-0.25, -0.2) is 14.1 Å². The topological polar surface area (TPSA) is 63.8 Å². The van der Waals surface area contributed by atoms with Crippen molar-refractivity contribution in [1.82, 2.24) is 29.2 Å². The summed E-state index contributed by atoms with van der Waals surface area (Å²) < 4.78 is 17.1. The third-order valence-corrected chi connectivity index (χ3v) is 5.42. The Balaban J connectivity index is 1.34. The molecule has 1 N–H and O–H groups in total. The van der Waals surface area contributed by atoms with Crippen LogP contribution in [-0.4, -0.2) is 49.9 Å². The van der Waals surface area contributed by atoms with E-state index in [2.05, 4.69) is 68.3 Å². The van der Waals surface area contributed by atoms with E-state index in [9.17, 15) is 4.39 Å². The molecule has 0 unspecified atom stereocenters. The second-order valence-electron chi connectivity index (χ2n) is 8.10. The Morgan fingerprint density at radius 1 is 0.970 bits per heavy atom. The number of anilines is 2. The predicted molar refractivity (Wildman–Crippen MR) is 128 cm³/mol. The molecule has 0 aliphatic heterocycles. The van der Waals surface area contributed by atoms with Gasteiger partial charge in [0.25, 0.3) is 0 Å². The fraction of sp³-hybridized carbons (Fsp3) is 0.160. The van der Waals surface area contributed by atoms with Crippen molar-refractivity contribution < 1.29 is 4.39 Å². The lowest BCUT2D eigenvalue weighted by atomic mass is 10.1. The van der Waals surface area contributed by atoms with Crippen molar-refractivity contribution in [1.29, 1.82) is 0 Å². The van der Waals surface area contributed by atoms with Crippen LogP contribution in [-0.2, 0) is 6.54 Å². The van der Waals surface area contributed by atoms with Crippen LogP contribution in [0.25, 0.3) is 28.0 Å². The third kappa shape index (κ3) is 4.61. The van der Waals surface area contributed by atoms with Crippen LogP contribution in [0.3, 0.4) is 0 Å². The molecule has 0 saturated carbocycles. The zero-order chi connectivity index (χ0) is 22.8. The van der Waals surface area contributed by atoms with E-state index in [1.54, 1.807) is 29.1 Å². The summed E-state index contributed by atoms with van der Waals surface area (Å²) in [5.74, 6) is 0.850. The van der Waals surface area contributed by atoms with Crippen LogP contribution < -0.4 is 5.32 Å². The number of likely N-dealkylation sites (N-methyl/N-ethyl adjacent to an activating group) is 1. The second-order valence-corrected chi connectivity index (χ2v) is 8.10. The van der Waals surface area contributed by atoms with E-state index in [-0.39, 0.29) is 5.82 Å². The Labute approximate surface area is 191 Å². The van der Waals surface area contributed by atoms with Gasteiger partial charge in [-0.05, 0) is 68.7 Å². The maximum atomic E-state index is 13.2. The molecule has 7 nitrogen and oxygen atoms in total. The van der Waals surface area contributed by atoms with Crippen LogP contribution in [0, 0.1) is 5.82 Å². The van der Waals surface area contributed by atoms with E-state index in [0.29, 0.717) is 11.8 Å². The molecule has 8 heteroatoms. The van der Waals surface area contributed by atoms with Gasteiger partial charge in [-0.3, -0.25) is 0 Å². The lowest BCUT2D eigenvalue weighted by molar-refractivity contribution is 0.387. The zero-order valence-electron chi connectivity index (χ0n) is 18.5. The number of rotatable bonds is 7. The van der Waals surface area contributed by atoms with Crippen molar-refractivity contribution in [3.05, 3.63) is 85.1 Å². The Morgan fingerprint density at radius 3 is 2.64 bits per heavy atom. The minimum Gasteiger partial charge on any atom is -0.346 e. The quantitative estimate of drug-likeness (QED) is 0.396. The van der Waals surface area contributed by atoms with Gasteiger partial charge in [-0.15, -0.1) is 0 Å². The standard InChI is InChI=1S/C25H24FN7/c1-31(2)15-16-32-13-10-19-17-21(7-8-23(19)32)28-25-27-12-9-24(29-25)33-14-11-22(30-33)18-3-5-20(26)6-4-18/h3-14,17H,15-16H2,1-2H3,(H,27,28,29). The van der Waals surface area contributed by atoms with E-state index >= 15 is 0 Å². The van der Waals surface area contributed by atoms with Crippen molar-refractivity contribution in [2.45, 2.75) is 6.54 Å². The van der Waals surface area contributed by atoms with Crippen molar-refractivity contribution in [2.75, 3.05) is 26.0 Å². The average Bonchev–Trinajstić information content (AvgIpc) is 3.46. The normalized spacial score (nSPS) is 11.4. The molecule has 0 aliphatic rings. The molecule has 0 bridgehead atoms. The highest BCUT2D eigenvalue weighted by Crippen LogP contribution is 2.23. The summed E-state index contributed by atoms with van der Waals surface area (Å²) in [6.45, 7) is 1.93. The lowest BCUT2D eigenvalue weighted by Crippen LogP contribution is -2.17. The summed E-state index contributed by atoms with van der Waals surface area (Å²) in [5.41, 5.74) is 3.69. The highest BCUT2D eigenvalue weighted by Gasteiger charge is 2.08. The van der Waals surface area contributed by atoms with Crippen molar-refractivity contribution in [3.8, 4) is 17.1 Å². The Hall–Kier alpha value is -4.04. The molecule has 3 heterocycles. The van der Waals surface area contributed by atoms with E-state index in [4.69, 9.17) is 0 Å². The molecule has 5 aromatic rings. The molecular formula is C25H24FN7. The third-order valence-electron chi connectivity index (χ3n) is 5.42. The first-order valence-electron chi connectivity index (χ1n) is 10.7. The van der Waals surface area contributed by atoms with Gasteiger partial charge in [0.05, 0.1) is 5.69 Å². The fourth-order valence-electron chi connectivity index (χ4n) is 3.67. The molecule has 0 radical (unpaired) electrons. The molecule has 3 aromatic heterocycles. The van der Waals surface area contributed by atoms with E-state index in [1.807, 2.05) is 18.3 Å². The smallest absolute Gasteiger partial charge is 0.229 e. The number of fused-ring (bicyclic) bond motifs is 1. The van der Waals surface area contributed by atoms with E-state index < -0.39 is 0 Å². The van der Waals surface area contributed by atoms with Crippen molar-refractivity contribution in [3.63, 3.8) is 0 Å². The van der Waals surface area contributed by atoms with Crippen LogP contribution in [0.2, 0.25) is 0 Å².